The first-order valence-electron chi connectivity index (χ1n) is 5.80. The van der Waals surface area contributed by atoms with E-state index in [0.29, 0.717) is 23.0 Å². The van der Waals surface area contributed by atoms with Crippen molar-refractivity contribution in [2.45, 2.75) is 19.9 Å². The van der Waals surface area contributed by atoms with E-state index in [1.54, 1.807) is 12.1 Å². The van der Waals surface area contributed by atoms with E-state index >= 15 is 0 Å². The fourth-order valence-corrected chi connectivity index (χ4v) is 2.24. The highest BCUT2D eigenvalue weighted by Gasteiger charge is 2.30. The van der Waals surface area contributed by atoms with E-state index in [4.69, 9.17) is 17.3 Å². The Kier molecular flexibility index (Phi) is 3.40. The van der Waals surface area contributed by atoms with Crippen LogP contribution in [-0.4, -0.2) is 29.9 Å². The lowest BCUT2D eigenvalue weighted by atomic mass is 10.1. The molecular weight excluding hydrogens is 236 g/mol. The van der Waals surface area contributed by atoms with Crippen LogP contribution in [0.1, 0.15) is 22.8 Å². The van der Waals surface area contributed by atoms with Crippen molar-refractivity contribution >= 4 is 17.5 Å². The van der Waals surface area contributed by atoms with Crippen molar-refractivity contribution in [1.82, 2.24) is 4.90 Å². The first-order chi connectivity index (χ1) is 7.99. The summed E-state index contributed by atoms with van der Waals surface area (Å²) in [6.45, 7) is 5.35. The van der Waals surface area contributed by atoms with Gasteiger partial charge >= 0.3 is 0 Å². The molecule has 1 heterocycles. The van der Waals surface area contributed by atoms with Crippen molar-refractivity contribution in [3.8, 4) is 0 Å². The largest absolute Gasteiger partial charge is 0.337 e. The predicted octanol–water partition coefficient (Wildman–Crippen LogP) is 2.07. The molecule has 3 nitrogen and oxygen atoms in total. The van der Waals surface area contributed by atoms with Crippen LogP contribution in [-0.2, 0) is 0 Å². The molecule has 1 amide bonds. The van der Waals surface area contributed by atoms with Crippen LogP contribution in [0.3, 0.4) is 0 Å². The molecule has 1 saturated heterocycles. The molecule has 4 heteroatoms. The Morgan fingerprint density at radius 2 is 2.18 bits per heavy atom. The number of carbonyl (C=O) groups is 1. The van der Waals surface area contributed by atoms with Crippen LogP contribution >= 0.6 is 11.6 Å². The van der Waals surface area contributed by atoms with E-state index < -0.39 is 0 Å². The van der Waals surface area contributed by atoms with Crippen LogP contribution < -0.4 is 5.73 Å². The topological polar surface area (TPSA) is 46.3 Å². The molecule has 0 bridgehead atoms. The molecule has 0 radical (unpaired) electrons. The van der Waals surface area contributed by atoms with Crippen molar-refractivity contribution in [3.05, 3.63) is 34.3 Å². The number of rotatable bonds is 1. The van der Waals surface area contributed by atoms with Crippen molar-refractivity contribution < 1.29 is 4.79 Å². The number of nitrogens with zero attached hydrogens (tertiary/aromatic N) is 1. The van der Waals surface area contributed by atoms with E-state index in [-0.39, 0.29) is 11.9 Å². The van der Waals surface area contributed by atoms with Gasteiger partial charge in [0.15, 0.2) is 0 Å². The Bertz CT molecular complexity index is 437. The number of halogens is 1. The first kappa shape index (κ1) is 12.4. The molecule has 0 spiro atoms. The summed E-state index contributed by atoms with van der Waals surface area (Å²) in [7, 11) is 0. The molecule has 1 aliphatic rings. The quantitative estimate of drug-likeness (QED) is 0.832. The Hall–Kier alpha value is -1.06. The van der Waals surface area contributed by atoms with E-state index in [0.717, 1.165) is 12.1 Å². The monoisotopic (exact) mass is 252 g/mol. The molecule has 0 aliphatic carbocycles. The third kappa shape index (κ3) is 2.45. The average Bonchev–Trinajstić information content (AvgIpc) is 2.62. The van der Waals surface area contributed by atoms with E-state index in [2.05, 4.69) is 6.92 Å². The molecule has 1 fully saturated rings. The van der Waals surface area contributed by atoms with Gasteiger partial charge in [0.05, 0.1) is 0 Å². The van der Waals surface area contributed by atoms with Crippen LogP contribution in [0, 0.1) is 12.8 Å². The lowest BCUT2D eigenvalue weighted by Crippen LogP contribution is -2.32. The number of benzene rings is 1. The summed E-state index contributed by atoms with van der Waals surface area (Å²) in [5.74, 6) is 0.414. The number of hydrogen-bond donors (Lipinski definition) is 1. The zero-order valence-electron chi connectivity index (χ0n) is 10.1. The number of aryl methyl sites for hydroxylation is 1. The number of nitrogens with two attached hydrogens (primary N) is 1. The summed E-state index contributed by atoms with van der Waals surface area (Å²) in [5, 5.41) is 0.688. The second-order valence-electron chi connectivity index (χ2n) is 4.82. The van der Waals surface area contributed by atoms with Crippen molar-refractivity contribution in [2.24, 2.45) is 11.7 Å². The minimum absolute atomic E-state index is 0.0459. The fraction of sp³-hybridized carbons (Fsp3) is 0.462. The molecule has 0 aromatic heterocycles. The predicted molar refractivity (Wildman–Crippen MR) is 69.2 cm³/mol. The summed E-state index contributed by atoms with van der Waals surface area (Å²) >= 11 is 5.95. The Morgan fingerprint density at radius 3 is 2.71 bits per heavy atom. The molecule has 92 valence electrons. The highest BCUT2D eigenvalue weighted by molar-refractivity contribution is 6.31. The normalized spacial score (nSPS) is 24.1. The highest BCUT2D eigenvalue weighted by atomic mass is 35.5. The van der Waals surface area contributed by atoms with Gasteiger partial charge in [0, 0.05) is 29.7 Å². The molecule has 17 heavy (non-hydrogen) atoms. The molecule has 1 aliphatic heterocycles. The Labute approximate surface area is 107 Å². The number of likely N-dealkylation sites (tertiary alicyclic amines) is 1. The van der Waals surface area contributed by atoms with E-state index in [1.165, 1.54) is 0 Å². The van der Waals surface area contributed by atoms with Gasteiger partial charge in [-0.3, -0.25) is 4.79 Å². The SMILES string of the molecule is Cc1cc(C(=O)N2CC(C)C(N)C2)ccc1Cl. The van der Waals surface area contributed by atoms with Gasteiger partial charge in [0.1, 0.15) is 0 Å². The fourth-order valence-electron chi connectivity index (χ4n) is 2.12. The second-order valence-corrected chi connectivity index (χ2v) is 5.22. The van der Waals surface area contributed by atoms with Gasteiger partial charge in [-0.15, -0.1) is 0 Å². The van der Waals surface area contributed by atoms with Crippen molar-refractivity contribution in [1.29, 1.82) is 0 Å². The van der Waals surface area contributed by atoms with Crippen molar-refractivity contribution in [2.75, 3.05) is 13.1 Å². The molecule has 0 saturated carbocycles. The summed E-state index contributed by atoms with van der Waals surface area (Å²) in [6.07, 6.45) is 0. The van der Waals surface area contributed by atoms with Crippen molar-refractivity contribution in [3.63, 3.8) is 0 Å². The summed E-state index contributed by atoms with van der Waals surface area (Å²) in [4.78, 5) is 14.0. The number of carbonyl (C=O) groups excluding carboxylic acids is 1. The van der Waals surface area contributed by atoms with Crippen LogP contribution in [0.25, 0.3) is 0 Å². The Morgan fingerprint density at radius 1 is 1.47 bits per heavy atom. The maximum Gasteiger partial charge on any atom is 0.253 e. The first-order valence-corrected chi connectivity index (χ1v) is 6.18. The third-order valence-corrected chi connectivity index (χ3v) is 3.79. The zero-order chi connectivity index (χ0) is 12.6. The summed E-state index contributed by atoms with van der Waals surface area (Å²) in [5.41, 5.74) is 7.54. The molecule has 2 unspecified atom stereocenters. The smallest absolute Gasteiger partial charge is 0.253 e. The van der Waals surface area contributed by atoms with Gasteiger partial charge in [0.25, 0.3) is 5.91 Å². The summed E-state index contributed by atoms with van der Waals surface area (Å²) in [6, 6.07) is 5.46. The maximum absolute atomic E-state index is 12.2. The molecule has 2 rings (SSSR count). The zero-order valence-corrected chi connectivity index (χ0v) is 10.9. The number of amides is 1. The minimum Gasteiger partial charge on any atom is -0.337 e. The lowest BCUT2D eigenvalue weighted by molar-refractivity contribution is 0.0787. The second kappa shape index (κ2) is 4.67. The van der Waals surface area contributed by atoms with Crippen LogP contribution in [0.5, 0.6) is 0 Å². The maximum atomic E-state index is 12.2. The van der Waals surface area contributed by atoms with E-state index in [9.17, 15) is 4.79 Å². The third-order valence-electron chi connectivity index (χ3n) is 3.36. The van der Waals surface area contributed by atoms with Gasteiger partial charge in [-0.25, -0.2) is 0 Å². The van der Waals surface area contributed by atoms with Gasteiger partial charge in [-0.05, 0) is 36.6 Å². The van der Waals surface area contributed by atoms with Crippen LogP contribution in [0.4, 0.5) is 0 Å². The lowest BCUT2D eigenvalue weighted by Gasteiger charge is -2.16. The van der Waals surface area contributed by atoms with E-state index in [1.807, 2.05) is 17.9 Å². The highest BCUT2D eigenvalue weighted by Crippen LogP contribution is 2.20. The molecular formula is C13H17ClN2O. The van der Waals surface area contributed by atoms with Gasteiger partial charge in [-0.2, -0.15) is 0 Å². The molecule has 1 aromatic carbocycles. The average molecular weight is 253 g/mol. The van der Waals surface area contributed by atoms with Crippen LogP contribution in [0.15, 0.2) is 18.2 Å². The number of hydrogen-bond acceptors (Lipinski definition) is 2. The molecule has 1 aromatic rings. The molecule has 2 N–H and O–H groups in total. The van der Waals surface area contributed by atoms with Crippen LogP contribution in [0.2, 0.25) is 5.02 Å². The van der Waals surface area contributed by atoms with Gasteiger partial charge < -0.3 is 10.6 Å². The van der Waals surface area contributed by atoms with Gasteiger partial charge in [-0.1, -0.05) is 18.5 Å². The van der Waals surface area contributed by atoms with Gasteiger partial charge in [0.2, 0.25) is 0 Å². The standard InChI is InChI=1S/C13H17ClN2O/c1-8-5-10(3-4-11(8)14)13(17)16-6-9(2)12(15)7-16/h3-5,9,12H,6-7,15H2,1-2H3. The minimum atomic E-state index is 0.0459. The summed E-state index contributed by atoms with van der Waals surface area (Å²) < 4.78 is 0. The molecule has 2 atom stereocenters. The Balaban J connectivity index is 2.17.